The van der Waals surface area contributed by atoms with Crippen LogP contribution in [0.15, 0.2) is 29.3 Å². The lowest BCUT2D eigenvalue weighted by Crippen LogP contribution is -2.48. The molecule has 9 nitrogen and oxygen atoms in total. The first-order valence-electron chi connectivity index (χ1n) is 8.42. The minimum atomic E-state index is -3.66. The number of piperazine rings is 1. The van der Waals surface area contributed by atoms with Crippen LogP contribution in [0, 0.1) is 0 Å². The predicted molar refractivity (Wildman–Crippen MR) is 104 cm³/mol. The van der Waals surface area contributed by atoms with E-state index in [1.165, 1.54) is 55.3 Å². The van der Waals surface area contributed by atoms with Crippen LogP contribution in [0.2, 0.25) is 0 Å². The maximum atomic E-state index is 13.0. The molecule has 0 N–H and O–H groups in total. The van der Waals surface area contributed by atoms with Crippen LogP contribution in [-0.2, 0) is 14.8 Å². The van der Waals surface area contributed by atoms with Gasteiger partial charge in [0.15, 0.2) is 16.6 Å². The topological polar surface area (TPSA) is 98.3 Å². The van der Waals surface area contributed by atoms with Crippen molar-refractivity contribution in [3.63, 3.8) is 0 Å². The molecule has 1 aliphatic rings. The lowest BCUT2D eigenvalue weighted by Gasteiger charge is -2.33. The lowest BCUT2D eigenvalue weighted by molar-refractivity contribution is 0.0606. The molecule has 0 radical (unpaired) electrons. The van der Waals surface area contributed by atoms with Crippen LogP contribution in [0.4, 0.5) is 5.13 Å². The molecule has 1 aromatic heterocycles. The van der Waals surface area contributed by atoms with Crippen LogP contribution in [0.1, 0.15) is 9.67 Å². The fourth-order valence-corrected chi connectivity index (χ4v) is 5.18. The second kappa shape index (κ2) is 8.33. The minimum Gasteiger partial charge on any atom is -0.493 e. The molecule has 0 aliphatic carbocycles. The summed E-state index contributed by atoms with van der Waals surface area (Å²) in [6, 6.07) is 4.54. The van der Waals surface area contributed by atoms with Crippen molar-refractivity contribution < 1.29 is 27.4 Å². The van der Waals surface area contributed by atoms with E-state index in [9.17, 15) is 13.2 Å². The van der Waals surface area contributed by atoms with Gasteiger partial charge < -0.3 is 19.1 Å². The summed E-state index contributed by atoms with van der Waals surface area (Å²) in [5.74, 6) is 0.398. The van der Waals surface area contributed by atoms with E-state index in [4.69, 9.17) is 9.47 Å². The number of thiazole rings is 1. The minimum absolute atomic E-state index is 0.154. The van der Waals surface area contributed by atoms with Crippen molar-refractivity contribution in [2.24, 2.45) is 0 Å². The molecule has 2 aromatic rings. The summed E-state index contributed by atoms with van der Waals surface area (Å²) in [6.07, 6.45) is 1.47. The molecule has 28 heavy (non-hydrogen) atoms. The second-order valence-electron chi connectivity index (χ2n) is 5.91. The molecular weight excluding hydrogens is 406 g/mol. The maximum absolute atomic E-state index is 13.0. The summed E-state index contributed by atoms with van der Waals surface area (Å²) >= 11 is 1.23. The maximum Gasteiger partial charge on any atom is 0.349 e. The van der Waals surface area contributed by atoms with E-state index in [-0.39, 0.29) is 4.90 Å². The van der Waals surface area contributed by atoms with Gasteiger partial charge >= 0.3 is 5.97 Å². The zero-order valence-electron chi connectivity index (χ0n) is 15.7. The Morgan fingerprint density at radius 3 is 2.36 bits per heavy atom. The molecule has 1 aromatic carbocycles. The summed E-state index contributed by atoms with van der Waals surface area (Å²) in [5.41, 5.74) is 0. The molecule has 3 rings (SSSR count). The largest absolute Gasteiger partial charge is 0.493 e. The summed E-state index contributed by atoms with van der Waals surface area (Å²) < 4.78 is 42.4. The SMILES string of the molecule is COC(=O)c1cnc(N2CCN(S(=O)(=O)c3ccc(OC)c(OC)c3)CC2)s1. The average Bonchev–Trinajstić information content (AvgIpc) is 3.23. The van der Waals surface area contributed by atoms with E-state index in [0.717, 1.165) is 0 Å². The molecule has 0 spiro atoms. The Bertz CT molecular complexity index is 952. The van der Waals surface area contributed by atoms with Gasteiger partial charge in [0.1, 0.15) is 4.88 Å². The average molecular weight is 428 g/mol. The zero-order valence-corrected chi connectivity index (χ0v) is 17.4. The fraction of sp³-hybridized carbons (Fsp3) is 0.412. The number of sulfonamides is 1. The number of methoxy groups -OCH3 is 3. The number of anilines is 1. The van der Waals surface area contributed by atoms with Gasteiger partial charge in [-0.2, -0.15) is 4.31 Å². The summed E-state index contributed by atoms with van der Waals surface area (Å²) in [6.45, 7) is 1.56. The van der Waals surface area contributed by atoms with Gasteiger partial charge in [0.2, 0.25) is 10.0 Å². The van der Waals surface area contributed by atoms with Crippen molar-refractivity contribution >= 4 is 32.5 Å². The van der Waals surface area contributed by atoms with E-state index in [1.54, 1.807) is 6.07 Å². The third-order valence-corrected chi connectivity index (χ3v) is 7.31. The molecule has 1 fully saturated rings. The highest BCUT2D eigenvalue weighted by atomic mass is 32.2. The Morgan fingerprint density at radius 2 is 1.75 bits per heavy atom. The Hall–Kier alpha value is -2.37. The molecule has 1 saturated heterocycles. The standard InChI is InChI=1S/C17H21N3O6S2/c1-24-13-5-4-12(10-14(13)25-2)28(22,23)20-8-6-19(7-9-20)17-18-11-15(27-17)16(21)26-3/h4-5,10-11H,6-9H2,1-3H3. The van der Waals surface area contributed by atoms with Crippen molar-refractivity contribution in [3.05, 3.63) is 29.3 Å². The van der Waals surface area contributed by atoms with Crippen molar-refractivity contribution in [1.82, 2.24) is 9.29 Å². The van der Waals surface area contributed by atoms with Gasteiger partial charge in [-0.3, -0.25) is 0 Å². The summed E-state index contributed by atoms with van der Waals surface area (Å²) in [4.78, 5) is 18.3. The molecule has 11 heteroatoms. The van der Waals surface area contributed by atoms with Crippen molar-refractivity contribution in [2.75, 3.05) is 52.4 Å². The number of hydrogen-bond acceptors (Lipinski definition) is 9. The van der Waals surface area contributed by atoms with Gasteiger partial charge in [0, 0.05) is 32.2 Å². The van der Waals surface area contributed by atoms with Gasteiger partial charge in [0.25, 0.3) is 0 Å². The molecule has 0 amide bonds. The highest BCUT2D eigenvalue weighted by molar-refractivity contribution is 7.89. The molecule has 0 unspecified atom stereocenters. The molecule has 0 bridgehead atoms. The normalized spacial score (nSPS) is 15.3. The number of benzene rings is 1. The number of carbonyl (C=O) groups excluding carboxylic acids is 1. The first kappa shape index (κ1) is 20.4. The number of hydrogen-bond donors (Lipinski definition) is 0. The van der Waals surface area contributed by atoms with Gasteiger partial charge in [-0.15, -0.1) is 0 Å². The highest BCUT2D eigenvalue weighted by Gasteiger charge is 2.30. The van der Waals surface area contributed by atoms with Gasteiger partial charge in [-0.1, -0.05) is 11.3 Å². The molecule has 152 valence electrons. The number of aromatic nitrogens is 1. The van der Waals surface area contributed by atoms with Crippen LogP contribution in [-0.4, -0.2) is 71.2 Å². The Kier molecular flexibility index (Phi) is 6.06. The van der Waals surface area contributed by atoms with Crippen LogP contribution >= 0.6 is 11.3 Å². The van der Waals surface area contributed by atoms with Crippen molar-refractivity contribution in [3.8, 4) is 11.5 Å². The van der Waals surface area contributed by atoms with Gasteiger partial charge in [0.05, 0.1) is 32.4 Å². The van der Waals surface area contributed by atoms with E-state index in [0.29, 0.717) is 47.7 Å². The monoisotopic (exact) mass is 427 g/mol. The first-order chi connectivity index (χ1) is 13.4. The Morgan fingerprint density at radius 1 is 1.07 bits per heavy atom. The number of nitrogens with zero attached hydrogens (tertiary/aromatic N) is 3. The molecule has 0 saturated carbocycles. The first-order valence-corrected chi connectivity index (χ1v) is 10.7. The van der Waals surface area contributed by atoms with E-state index in [2.05, 4.69) is 9.72 Å². The molecule has 2 heterocycles. The smallest absolute Gasteiger partial charge is 0.349 e. The van der Waals surface area contributed by atoms with E-state index < -0.39 is 16.0 Å². The van der Waals surface area contributed by atoms with Crippen LogP contribution in [0.25, 0.3) is 0 Å². The Balaban J connectivity index is 1.71. The number of ether oxygens (including phenoxy) is 3. The molecular formula is C17H21N3O6S2. The summed E-state index contributed by atoms with van der Waals surface area (Å²) in [7, 11) is 0.619. The third kappa shape index (κ3) is 3.91. The highest BCUT2D eigenvalue weighted by Crippen LogP contribution is 2.31. The van der Waals surface area contributed by atoms with Crippen molar-refractivity contribution in [1.29, 1.82) is 0 Å². The van der Waals surface area contributed by atoms with Gasteiger partial charge in [-0.25, -0.2) is 18.2 Å². The van der Waals surface area contributed by atoms with Crippen LogP contribution < -0.4 is 14.4 Å². The van der Waals surface area contributed by atoms with E-state index >= 15 is 0 Å². The fourth-order valence-electron chi connectivity index (χ4n) is 2.85. The van der Waals surface area contributed by atoms with Crippen LogP contribution in [0.5, 0.6) is 11.5 Å². The van der Waals surface area contributed by atoms with E-state index in [1.807, 2.05) is 4.90 Å². The van der Waals surface area contributed by atoms with Crippen LogP contribution in [0.3, 0.4) is 0 Å². The summed E-state index contributed by atoms with van der Waals surface area (Å²) in [5, 5.41) is 0.670. The lowest BCUT2D eigenvalue weighted by atomic mass is 10.3. The van der Waals surface area contributed by atoms with Gasteiger partial charge in [-0.05, 0) is 12.1 Å². The predicted octanol–water partition coefficient (Wildman–Crippen LogP) is 1.46. The molecule has 1 aliphatic heterocycles. The third-order valence-electron chi connectivity index (χ3n) is 4.38. The Labute approximate surface area is 167 Å². The number of rotatable bonds is 6. The number of carbonyl (C=O) groups is 1. The van der Waals surface area contributed by atoms with Crippen molar-refractivity contribution in [2.45, 2.75) is 4.90 Å². The second-order valence-corrected chi connectivity index (χ2v) is 8.85. The quantitative estimate of drug-likeness (QED) is 0.639. The molecule has 0 atom stereocenters. The zero-order chi connectivity index (χ0) is 20.3. The number of esters is 1.